The summed E-state index contributed by atoms with van der Waals surface area (Å²) in [6, 6.07) is 7.76. The predicted molar refractivity (Wildman–Crippen MR) is 88.2 cm³/mol. The van der Waals surface area contributed by atoms with Gasteiger partial charge in [-0.25, -0.2) is 4.98 Å². The smallest absolute Gasteiger partial charge is 0.278 e. The number of nitrogens with one attached hydrogen (secondary N) is 1. The van der Waals surface area contributed by atoms with Gasteiger partial charge in [0.2, 0.25) is 6.79 Å². The van der Waals surface area contributed by atoms with Crippen molar-refractivity contribution in [1.29, 1.82) is 0 Å². The van der Waals surface area contributed by atoms with Crippen LogP contribution in [0.25, 0.3) is 11.0 Å². The van der Waals surface area contributed by atoms with E-state index in [1.54, 1.807) is 11.6 Å². The second-order valence-electron chi connectivity index (χ2n) is 5.45. The molecule has 0 spiro atoms. The van der Waals surface area contributed by atoms with E-state index in [-0.39, 0.29) is 12.4 Å². The average molecular weight is 329 g/mol. The lowest BCUT2D eigenvalue weighted by molar-refractivity contribution is 0.174. The minimum absolute atomic E-state index is 0.0590. The number of nitrogens with zero attached hydrogens (tertiary/aromatic N) is 2. The van der Waals surface area contributed by atoms with Gasteiger partial charge >= 0.3 is 0 Å². The van der Waals surface area contributed by atoms with E-state index in [0.29, 0.717) is 21.9 Å². The molecule has 1 aliphatic heterocycles. The summed E-state index contributed by atoms with van der Waals surface area (Å²) in [5, 5.41) is 0.694. The molecule has 6 nitrogen and oxygen atoms in total. The number of aromatic nitrogens is 3. The van der Waals surface area contributed by atoms with Gasteiger partial charge in [0.1, 0.15) is 5.52 Å². The zero-order valence-electron chi connectivity index (χ0n) is 12.8. The highest BCUT2D eigenvalue weighted by molar-refractivity contribution is 7.98. The summed E-state index contributed by atoms with van der Waals surface area (Å²) >= 11 is 1.53. The van der Waals surface area contributed by atoms with Gasteiger partial charge in [-0.1, -0.05) is 17.8 Å². The van der Waals surface area contributed by atoms with Gasteiger partial charge in [-0.05, 0) is 30.7 Å². The first kappa shape index (κ1) is 14.2. The molecule has 0 radical (unpaired) electrons. The second kappa shape index (κ2) is 5.34. The Balaban J connectivity index is 1.63. The maximum Gasteiger partial charge on any atom is 0.278 e. The molecule has 3 aromatic rings. The molecule has 0 fully saturated rings. The first-order chi connectivity index (χ1) is 11.1. The lowest BCUT2D eigenvalue weighted by Gasteiger charge is -2.07. The maximum absolute atomic E-state index is 12.4. The fraction of sp³-hybridized carbons (Fsp3) is 0.250. The molecule has 0 saturated carbocycles. The van der Waals surface area contributed by atoms with Gasteiger partial charge in [0.25, 0.3) is 5.56 Å². The summed E-state index contributed by atoms with van der Waals surface area (Å²) in [4.78, 5) is 20.0. The van der Waals surface area contributed by atoms with Gasteiger partial charge in [0.05, 0.1) is 5.52 Å². The molecule has 0 atom stereocenters. The standard InChI is InChI=1S/C16H15N3O3S/c1-9-5-11-14(17-9)15(20)19(2)16(18-11)23-7-10-3-4-12-13(6-10)22-8-21-12/h3-6,17H,7-8H2,1-2H3. The minimum Gasteiger partial charge on any atom is -0.454 e. The van der Waals surface area contributed by atoms with Crippen LogP contribution in [0.1, 0.15) is 11.3 Å². The van der Waals surface area contributed by atoms with Crippen molar-refractivity contribution in [2.45, 2.75) is 17.8 Å². The Labute approximate surface area is 136 Å². The molecule has 4 rings (SSSR count). The summed E-state index contributed by atoms with van der Waals surface area (Å²) in [6.07, 6.45) is 0. The first-order valence-electron chi connectivity index (χ1n) is 7.19. The number of fused-ring (bicyclic) bond motifs is 2. The molecule has 1 aliphatic rings. The number of aromatic amines is 1. The van der Waals surface area contributed by atoms with Crippen LogP contribution in [0.2, 0.25) is 0 Å². The van der Waals surface area contributed by atoms with Crippen LogP contribution in [0.3, 0.4) is 0 Å². The third kappa shape index (κ3) is 2.46. The van der Waals surface area contributed by atoms with Crippen LogP contribution in [0.4, 0.5) is 0 Å². The van der Waals surface area contributed by atoms with Crippen molar-refractivity contribution in [3.63, 3.8) is 0 Å². The van der Waals surface area contributed by atoms with Crippen molar-refractivity contribution >= 4 is 22.8 Å². The highest BCUT2D eigenvalue weighted by Crippen LogP contribution is 2.34. The van der Waals surface area contributed by atoms with Crippen molar-refractivity contribution in [3.8, 4) is 11.5 Å². The Morgan fingerprint density at radius 3 is 3.00 bits per heavy atom. The van der Waals surface area contributed by atoms with Crippen LogP contribution >= 0.6 is 11.8 Å². The number of H-pyrrole nitrogens is 1. The zero-order chi connectivity index (χ0) is 16.0. The van der Waals surface area contributed by atoms with E-state index in [1.807, 2.05) is 31.2 Å². The van der Waals surface area contributed by atoms with Crippen molar-refractivity contribution in [2.75, 3.05) is 6.79 Å². The molecule has 0 bridgehead atoms. The van der Waals surface area contributed by atoms with E-state index in [4.69, 9.17) is 9.47 Å². The van der Waals surface area contributed by atoms with Crippen LogP contribution in [0.5, 0.6) is 11.5 Å². The number of aryl methyl sites for hydroxylation is 1. The Morgan fingerprint density at radius 2 is 2.13 bits per heavy atom. The van der Waals surface area contributed by atoms with Crippen molar-refractivity contribution in [3.05, 3.63) is 45.9 Å². The Morgan fingerprint density at radius 1 is 1.30 bits per heavy atom. The third-order valence-corrected chi connectivity index (χ3v) is 4.86. The normalized spacial score (nSPS) is 13.0. The SMILES string of the molecule is Cc1cc2nc(SCc3ccc4c(c3)OCO4)n(C)c(=O)c2[nH]1. The number of rotatable bonds is 3. The molecule has 2 aromatic heterocycles. The number of thioether (sulfide) groups is 1. The van der Waals surface area contributed by atoms with Crippen LogP contribution in [0.15, 0.2) is 34.2 Å². The Kier molecular flexibility index (Phi) is 3.30. The van der Waals surface area contributed by atoms with Crippen molar-refractivity contribution in [1.82, 2.24) is 14.5 Å². The molecule has 1 aromatic carbocycles. The maximum atomic E-state index is 12.4. The van der Waals surface area contributed by atoms with E-state index in [0.717, 1.165) is 22.8 Å². The predicted octanol–water partition coefficient (Wildman–Crippen LogP) is 2.59. The van der Waals surface area contributed by atoms with Crippen LogP contribution in [-0.4, -0.2) is 21.3 Å². The topological polar surface area (TPSA) is 69.1 Å². The summed E-state index contributed by atoms with van der Waals surface area (Å²) in [7, 11) is 1.74. The highest BCUT2D eigenvalue weighted by Gasteiger charge is 2.14. The van der Waals surface area contributed by atoms with E-state index >= 15 is 0 Å². The summed E-state index contributed by atoms with van der Waals surface area (Å²) < 4.78 is 12.3. The molecule has 0 amide bonds. The monoisotopic (exact) mass is 329 g/mol. The molecule has 0 unspecified atom stereocenters. The first-order valence-corrected chi connectivity index (χ1v) is 8.18. The number of hydrogen-bond donors (Lipinski definition) is 1. The molecule has 0 aliphatic carbocycles. The number of ether oxygens (including phenoxy) is 2. The van der Waals surface area contributed by atoms with Crippen molar-refractivity contribution in [2.24, 2.45) is 7.05 Å². The molecule has 3 heterocycles. The van der Waals surface area contributed by atoms with Gasteiger partial charge in [-0.2, -0.15) is 0 Å². The van der Waals surface area contributed by atoms with Gasteiger partial charge in [0.15, 0.2) is 16.7 Å². The lowest BCUT2D eigenvalue weighted by Crippen LogP contribution is -2.19. The molecule has 7 heteroatoms. The zero-order valence-corrected chi connectivity index (χ0v) is 13.6. The lowest BCUT2D eigenvalue weighted by atomic mass is 10.2. The Bertz CT molecular complexity index is 961. The molecule has 118 valence electrons. The summed E-state index contributed by atoms with van der Waals surface area (Å²) in [6.45, 7) is 2.19. The quantitative estimate of drug-likeness (QED) is 0.591. The van der Waals surface area contributed by atoms with E-state index < -0.39 is 0 Å². The molecular weight excluding hydrogens is 314 g/mol. The van der Waals surface area contributed by atoms with Gasteiger partial charge in [-0.3, -0.25) is 9.36 Å². The second-order valence-corrected chi connectivity index (χ2v) is 6.39. The molecule has 23 heavy (non-hydrogen) atoms. The number of benzene rings is 1. The summed E-state index contributed by atoms with van der Waals surface area (Å²) in [5.41, 5.74) is 3.23. The van der Waals surface area contributed by atoms with Gasteiger partial charge in [-0.15, -0.1) is 0 Å². The number of hydrogen-bond acceptors (Lipinski definition) is 5. The summed E-state index contributed by atoms with van der Waals surface area (Å²) in [5.74, 6) is 2.24. The van der Waals surface area contributed by atoms with Crippen LogP contribution < -0.4 is 15.0 Å². The third-order valence-electron chi connectivity index (χ3n) is 3.76. The van der Waals surface area contributed by atoms with Crippen molar-refractivity contribution < 1.29 is 9.47 Å². The fourth-order valence-electron chi connectivity index (χ4n) is 2.57. The van der Waals surface area contributed by atoms with E-state index in [2.05, 4.69) is 9.97 Å². The highest BCUT2D eigenvalue weighted by atomic mass is 32.2. The van der Waals surface area contributed by atoms with E-state index in [9.17, 15) is 4.79 Å². The van der Waals surface area contributed by atoms with Crippen LogP contribution in [-0.2, 0) is 12.8 Å². The average Bonchev–Trinajstić information content (AvgIpc) is 3.14. The minimum atomic E-state index is -0.0590. The van der Waals surface area contributed by atoms with Gasteiger partial charge < -0.3 is 14.5 Å². The fourth-order valence-corrected chi connectivity index (χ4v) is 3.48. The Hall–Kier alpha value is -2.41. The molecule has 1 N–H and O–H groups in total. The van der Waals surface area contributed by atoms with E-state index in [1.165, 1.54) is 11.8 Å². The van der Waals surface area contributed by atoms with Gasteiger partial charge in [0, 0.05) is 18.5 Å². The largest absolute Gasteiger partial charge is 0.454 e. The molecule has 0 saturated heterocycles. The molecular formula is C16H15N3O3S. The van der Waals surface area contributed by atoms with Crippen LogP contribution in [0, 0.1) is 6.92 Å².